The fourth-order valence-electron chi connectivity index (χ4n) is 4.51. The lowest BCUT2D eigenvalue weighted by Gasteiger charge is -2.30. The van der Waals surface area contributed by atoms with E-state index < -0.39 is 12.0 Å². The van der Waals surface area contributed by atoms with Crippen LogP contribution in [0.25, 0.3) is 0 Å². The van der Waals surface area contributed by atoms with Gasteiger partial charge in [0, 0.05) is 37.8 Å². The van der Waals surface area contributed by atoms with E-state index in [2.05, 4.69) is 5.32 Å². The molecule has 1 atom stereocenters. The van der Waals surface area contributed by atoms with Crippen molar-refractivity contribution in [1.82, 2.24) is 5.32 Å². The highest BCUT2D eigenvalue weighted by atomic mass is 35.5. The van der Waals surface area contributed by atoms with Gasteiger partial charge in [-0.15, -0.1) is 0 Å². The molecule has 34 heavy (non-hydrogen) atoms. The normalized spacial score (nSPS) is 17.1. The number of carboxylic acid groups (broad SMARTS) is 1. The summed E-state index contributed by atoms with van der Waals surface area (Å²) in [5.74, 6) is -1.82. The molecule has 1 saturated heterocycles. The third-order valence-electron chi connectivity index (χ3n) is 6.33. The van der Waals surface area contributed by atoms with Gasteiger partial charge in [-0.05, 0) is 55.0 Å². The molecular weight excluding hydrogens is 479 g/mol. The zero-order valence-corrected chi connectivity index (χ0v) is 20.1. The van der Waals surface area contributed by atoms with E-state index in [-0.39, 0.29) is 29.7 Å². The van der Waals surface area contributed by atoms with E-state index in [1.165, 1.54) is 0 Å². The van der Waals surface area contributed by atoms with Crippen molar-refractivity contribution in [2.24, 2.45) is 5.92 Å². The van der Waals surface area contributed by atoms with Gasteiger partial charge in [0.25, 0.3) is 5.91 Å². The quantitative estimate of drug-likeness (QED) is 0.616. The topological polar surface area (TPSA) is 95.9 Å². The molecule has 0 spiro atoms. The summed E-state index contributed by atoms with van der Waals surface area (Å²) in [5, 5.41) is 13.0. The van der Waals surface area contributed by atoms with Gasteiger partial charge in [-0.25, -0.2) is 4.79 Å². The third kappa shape index (κ3) is 5.37. The summed E-state index contributed by atoms with van der Waals surface area (Å²) in [6.07, 6.45) is 2.86. The second-order valence-electron chi connectivity index (χ2n) is 8.61. The Morgan fingerprint density at radius 3 is 2.50 bits per heavy atom. The second-order valence-corrected chi connectivity index (χ2v) is 9.42. The summed E-state index contributed by atoms with van der Waals surface area (Å²) in [5.41, 5.74) is 2.75. The number of benzene rings is 2. The maximum absolute atomic E-state index is 13.3. The van der Waals surface area contributed by atoms with Gasteiger partial charge in [0.05, 0.1) is 15.6 Å². The summed E-state index contributed by atoms with van der Waals surface area (Å²) >= 11 is 12.5. The van der Waals surface area contributed by atoms with Crippen LogP contribution in [0.2, 0.25) is 10.0 Å². The molecule has 2 aromatic carbocycles. The van der Waals surface area contributed by atoms with Crippen LogP contribution in [0.5, 0.6) is 0 Å². The highest BCUT2D eigenvalue weighted by molar-refractivity contribution is 6.40. The molecule has 0 aromatic heterocycles. The lowest BCUT2D eigenvalue weighted by Crippen LogP contribution is -2.46. The molecule has 2 aliphatic rings. The van der Waals surface area contributed by atoms with Gasteiger partial charge in [-0.2, -0.15) is 0 Å². The molecule has 7 nitrogen and oxygen atoms in total. The Morgan fingerprint density at radius 1 is 1.12 bits per heavy atom. The summed E-state index contributed by atoms with van der Waals surface area (Å²) in [7, 11) is 0. The Kier molecular flexibility index (Phi) is 7.76. The number of rotatable bonds is 6. The average molecular weight is 505 g/mol. The average Bonchev–Trinajstić information content (AvgIpc) is 2.83. The Morgan fingerprint density at radius 2 is 1.82 bits per heavy atom. The van der Waals surface area contributed by atoms with Crippen molar-refractivity contribution in [3.63, 3.8) is 0 Å². The standard InChI is InChI=1S/C25H26Cl2N2O5/c26-18-4-1-5-19(27)22(18)24(31)29-10-2-3-17-13-15(6-7-21(17)29)14-20(25(32)33)28-23(30)16-8-11-34-12-9-16/h1,4-7,13,16,20H,2-3,8-12,14H2,(H,28,30)(H,32,33). The minimum absolute atomic E-state index is 0.155. The minimum Gasteiger partial charge on any atom is -0.480 e. The molecule has 0 radical (unpaired) electrons. The molecule has 2 N–H and O–H groups in total. The van der Waals surface area contributed by atoms with Crippen LogP contribution in [0, 0.1) is 5.92 Å². The number of anilines is 1. The maximum atomic E-state index is 13.3. The number of aryl methyl sites for hydroxylation is 1. The highest BCUT2D eigenvalue weighted by Gasteiger charge is 2.29. The Labute approximate surface area is 208 Å². The molecule has 4 rings (SSSR count). The fourth-order valence-corrected chi connectivity index (χ4v) is 5.07. The first kappa shape index (κ1) is 24.5. The van der Waals surface area contributed by atoms with Crippen LogP contribution in [0.4, 0.5) is 5.69 Å². The first-order valence-electron chi connectivity index (χ1n) is 11.3. The van der Waals surface area contributed by atoms with Crippen LogP contribution in [-0.4, -0.2) is 48.7 Å². The number of halogens is 2. The number of aliphatic carboxylic acids is 1. The predicted molar refractivity (Wildman–Crippen MR) is 130 cm³/mol. The van der Waals surface area contributed by atoms with Crippen LogP contribution in [0.3, 0.4) is 0 Å². The number of ether oxygens (including phenoxy) is 1. The summed E-state index contributed by atoms with van der Waals surface area (Å²) in [6, 6.07) is 9.47. The van der Waals surface area contributed by atoms with Gasteiger partial charge in [0.1, 0.15) is 6.04 Å². The first-order chi connectivity index (χ1) is 16.3. The molecule has 0 bridgehead atoms. The maximum Gasteiger partial charge on any atom is 0.326 e. The van der Waals surface area contributed by atoms with Gasteiger partial charge in [-0.3, -0.25) is 9.59 Å². The smallest absolute Gasteiger partial charge is 0.326 e. The van der Waals surface area contributed by atoms with Crippen LogP contribution in [0.15, 0.2) is 36.4 Å². The Bertz CT molecular complexity index is 1080. The molecule has 0 aliphatic carbocycles. The van der Waals surface area contributed by atoms with Crippen LogP contribution in [0.1, 0.15) is 40.7 Å². The number of carbonyl (C=O) groups excluding carboxylic acids is 2. The molecule has 1 unspecified atom stereocenters. The van der Waals surface area contributed by atoms with E-state index in [1.807, 2.05) is 12.1 Å². The zero-order valence-electron chi connectivity index (χ0n) is 18.6. The van der Waals surface area contributed by atoms with Gasteiger partial charge in [0.2, 0.25) is 5.91 Å². The number of hydrogen-bond acceptors (Lipinski definition) is 4. The number of amides is 2. The second kappa shape index (κ2) is 10.8. The molecule has 0 saturated carbocycles. The largest absolute Gasteiger partial charge is 0.480 e. The molecule has 1 fully saturated rings. The lowest BCUT2D eigenvalue weighted by molar-refractivity contribution is -0.143. The number of fused-ring (bicyclic) bond motifs is 1. The molecule has 2 heterocycles. The van der Waals surface area contributed by atoms with Crippen molar-refractivity contribution in [1.29, 1.82) is 0 Å². The van der Waals surface area contributed by atoms with Crippen molar-refractivity contribution >= 4 is 46.7 Å². The van der Waals surface area contributed by atoms with Crippen molar-refractivity contribution < 1.29 is 24.2 Å². The Hall–Kier alpha value is -2.61. The van der Waals surface area contributed by atoms with E-state index >= 15 is 0 Å². The van der Waals surface area contributed by atoms with Gasteiger partial charge < -0.3 is 20.1 Å². The van der Waals surface area contributed by atoms with Gasteiger partial charge in [-0.1, -0.05) is 41.4 Å². The molecule has 2 amide bonds. The third-order valence-corrected chi connectivity index (χ3v) is 6.96. The summed E-state index contributed by atoms with van der Waals surface area (Å²) in [6.45, 7) is 1.55. The Balaban J connectivity index is 1.51. The number of carboxylic acids is 1. The van der Waals surface area contributed by atoms with Gasteiger partial charge in [0.15, 0.2) is 0 Å². The fraction of sp³-hybridized carbons (Fsp3) is 0.400. The monoisotopic (exact) mass is 504 g/mol. The van der Waals surface area contributed by atoms with Crippen molar-refractivity contribution in [2.75, 3.05) is 24.7 Å². The number of nitrogens with zero attached hydrogens (tertiary/aromatic N) is 1. The first-order valence-corrected chi connectivity index (χ1v) is 12.1. The number of hydrogen-bond donors (Lipinski definition) is 2. The van der Waals surface area contributed by atoms with Crippen LogP contribution < -0.4 is 10.2 Å². The van der Waals surface area contributed by atoms with Crippen LogP contribution in [-0.2, 0) is 27.2 Å². The lowest BCUT2D eigenvalue weighted by atomic mass is 9.95. The molecular formula is C25H26Cl2N2O5. The number of nitrogens with one attached hydrogen (secondary N) is 1. The van der Waals surface area contributed by atoms with E-state index in [0.29, 0.717) is 42.6 Å². The molecule has 180 valence electrons. The van der Waals surface area contributed by atoms with E-state index in [1.54, 1.807) is 29.2 Å². The zero-order chi connectivity index (χ0) is 24.2. The minimum atomic E-state index is -1.08. The molecule has 9 heteroatoms. The van der Waals surface area contributed by atoms with Gasteiger partial charge >= 0.3 is 5.97 Å². The van der Waals surface area contributed by atoms with Crippen LogP contribution >= 0.6 is 23.2 Å². The van der Waals surface area contributed by atoms with Crippen molar-refractivity contribution in [3.8, 4) is 0 Å². The van der Waals surface area contributed by atoms with E-state index in [4.69, 9.17) is 27.9 Å². The van der Waals surface area contributed by atoms with Crippen molar-refractivity contribution in [3.05, 3.63) is 63.1 Å². The van der Waals surface area contributed by atoms with Crippen molar-refractivity contribution in [2.45, 2.75) is 38.1 Å². The SMILES string of the molecule is O=C(NC(Cc1ccc2c(c1)CCCN2C(=O)c1c(Cl)cccc1Cl)C(=O)O)C1CCOCC1. The summed E-state index contributed by atoms with van der Waals surface area (Å²) < 4.78 is 5.28. The summed E-state index contributed by atoms with van der Waals surface area (Å²) in [4.78, 5) is 39.3. The van der Waals surface area contributed by atoms with E-state index in [0.717, 1.165) is 29.7 Å². The number of carbonyl (C=O) groups is 3. The predicted octanol–water partition coefficient (Wildman–Crippen LogP) is 4.12. The molecule has 2 aliphatic heterocycles. The molecule has 2 aromatic rings. The highest BCUT2D eigenvalue weighted by Crippen LogP contribution is 2.33. The van der Waals surface area contributed by atoms with E-state index in [9.17, 15) is 19.5 Å².